The Morgan fingerprint density at radius 2 is 1.58 bits per heavy atom. The summed E-state index contributed by atoms with van der Waals surface area (Å²) < 4.78 is 11.6. The van der Waals surface area contributed by atoms with E-state index in [0.29, 0.717) is 40.8 Å². The Labute approximate surface area is 226 Å². The first kappa shape index (κ1) is 25.2. The number of rotatable bonds is 7. The van der Waals surface area contributed by atoms with Gasteiger partial charge >= 0.3 is 0 Å². The van der Waals surface area contributed by atoms with E-state index in [4.69, 9.17) is 21.4 Å². The topological polar surface area (TPSA) is 76.4 Å². The van der Waals surface area contributed by atoms with E-state index < -0.39 is 0 Å². The number of nitrogens with one attached hydrogen (secondary N) is 2. The summed E-state index contributed by atoms with van der Waals surface area (Å²) in [5.74, 6) is 1.38. The van der Waals surface area contributed by atoms with Crippen molar-refractivity contribution < 1.29 is 13.9 Å². The maximum absolute atomic E-state index is 12.6. The second kappa shape index (κ2) is 11.3. The first-order valence-electron chi connectivity index (χ1n) is 12.4. The molecule has 0 saturated heterocycles. The third-order valence-corrected chi connectivity index (χ3v) is 6.02. The van der Waals surface area contributed by atoms with E-state index >= 15 is 0 Å². The fraction of sp³-hybridized carbons (Fsp3) is 0.129. The lowest BCUT2D eigenvalue weighted by Gasteiger charge is -2.11. The molecule has 0 unspecified atom stereocenters. The molecule has 2 N–H and O–H groups in total. The van der Waals surface area contributed by atoms with E-state index in [1.165, 1.54) is 0 Å². The molecule has 0 aliphatic carbocycles. The molecule has 190 valence electrons. The molecule has 1 aromatic heterocycles. The predicted octanol–water partition coefficient (Wildman–Crippen LogP) is 7.32. The monoisotopic (exact) mass is 521 g/mol. The van der Waals surface area contributed by atoms with Crippen LogP contribution in [0.2, 0.25) is 0 Å². The van der Waals surface area contributed by atoms with Gasteiger partial charge in [-0.1, -0.05) is 56.3 Å². The minimum Gasteiger partial charge on any atom is -0.493 e. The Bertz CT molecular complexity index is 1560. The normalized spacial score (nSPS) is 10.9. The summed E-state index contributed by atoms with van der Waals surface area (Å²) >= 11 is 5.35. The summed E-state index contributed by atoms with van der Waals surface area (Å²) in [5, 5.41) is 5.95. The average molecular weight is 522 g/mol. The van der Waals surface area contributed by atoms with Crippen molar-refractivity contribution in [3.63, 3.8) is 0 Å². The number of amides is 1. The van der Waals surface area contributed by atoms with Gasteiger partial charge in [-0.2, -0.15) is 0 Å². The minimum atomic E-state index is -0.304. The predicted molar refractivity (Wildman–Crippen MR) is 155 cm³/mol. The first-order valence-corrected chi connectivity index (χ1v) is 12.8. The van der Waals surface area contributed by atoms with Crippen LogP contribution in [-0.4, -0.2) is 22.6 Å². The van der Waals surface area contributed by atoms with Gasteiger partial charge in [-0.3, -0.25) is 10.1 Å². The lowest BCUT2D eigenvalue weighted by molar-refractivity contribution is 0.0977. The third-order valence-electron chi connectivity index (χ3n) is 5.81. The molecule has 7 heteroatoms. The molecule has 0 fully saturated rings. The smallest absolute Gasteiger partial charge is 0.257 e. The van der Waals surface area contributed by atoms with Crippen LogP contribution in [0.15, 0.2) is 101 Å². The van der Waals surface area contributed by atoms with Crippen molar-refractivity contribution in [2.24, 2.45) is 5.92 Å². The summed E-state index contributed by atoms with van der Waals surface area (Å²) in [6.45, 7) is 4.79. The van der Waals surface area contributed by atoms with Crippen molar-refractivity contribution in [2.45, 2.75) is 13.8 Å². The molecule has 0 saturated carbocycles. The molecule has 0 atom stereocenters. The second-order valence-electron chi connectivity index (χ2n) is 9.28. The number of aromatic nitrogens is 1. The molecule has 4 aromatic carbocycles. The van der Waals surface area contributed by atoms with E-state index in [1.807, 2.05) is 48.5 Å². The summed E-state index contributed by atoms with van der Waals surface area (Å²) in [4.78, 5) is 17.2. The number of hydrogen-bond acceptors (Lipinski definition) is 5. The molecular weight excluding hydrogens is 494 g/mol. The van der Waals surface area contributed by atoms with Gasteiger partial charge in [0.15, 0.2) is 10.7 Å². The van der Waals surface area contributed by atoms with E-state index in [2.05, 4.69) is 53.7 Å². The second-order valence-corrected chi connectivity index (χ2v) is 9.69. The van der Waals surface area contributed by atoms with Crippen molar-refractivity contribution in [2.75, 3.05) is 11.9 Å². The van der Waals surface area contributed by atoms with Crippen molar-refractivity contribution in [3.8, 4) is 28.3 Å². The molecule has 0 aliphatic heterocycles. The van der Waals surface area contributed by atoms with Crippen molar-refractivity contribution in [1.29, 1.82) is 0 Å². The van der Waals surface area contributed by atoms with Crippen LogP contribution in [0.3, 0.4) is 0 Å². The molecule has 0 aliphatic rings. The molecule has 38 heavy (non-hydrogen) atoms. The van der Waals surface area contributed by atoms with Gasteiger partial charge in [0.2, 0.25) is 5.89 Å². The fourth-order valence-electron chi connectivity index (χ4n) is 3.87. The molecule has 1 amide bonds. The number of nitrogens with zero attached hydrogens (tertiary/aromatic N) is 1. The van der Waals surface area contributed by atoms with Crippen LogP contribution < -0.4 is 15.4 Å². The Hall–Kier alpha value is -4.49. The number of hydrogen-bond donors (Lipinski definition) is 2. The molecule has 0 radical (unpaired) electrons. The lowest BCUT2D eigenvalue weighted by Crippen LogP contribution is -2.34. The Morgan fingerprint density at radius 3 is 2.29 bits per heavy atom. The number of oxazole rings is 1. The summed E-state index contributed by atoms with van der Waals surface area (Å²) in [7, 11) is 0. The van der Waals surface area contributed by atoms with Gasteiger partial charge < -0.3 is 14.5 Å². The standard InChI is InChI=1S/C31H27N3O3S/c1-20(2)19-36-26-15-12-23(13-16-26)29(35)34-31(38)32-25-14-17-28-27(18-25)33-30(37-28)24-10-8-22(9-11-24)21-6-4-3-5-7-21/h3-18,20H,19H2,1-2H3,(H2,32,34,35,38). The van der Waals surface area contributed by atoms with Crippen LogP contribution in [0.25, 0.3) is 33.7 Å². The summed E-state index contributed by atoms with van der Waals surface area (Å²) in [6.07, 6.45) is 0. The maximum atomic E-state index is 12.6. The zero-order valence-corrected chi connectivity index (χ0v) is 21.9. The largest absolute Gasteiger partial charge is 0.493 e. The Morgan fingerprint density at radius 1 is 0.895 bits per heavy atom. The Kier molecular flexibility index (Phi) is 7.47. The van der Waals surface area contributed by atoms with E-state index in [9.17, 15) is 4.79 Å². The van der Waals surface area contributed by atoms with Crippen molar-refractivity contribution in [1.82, 2.24) is 10.3 Å². The van der Waals surface area contributed by atoms with E-state index in [0.717, 1.165) is 22.4 Å². The zero-order valence-electron chi connectivity index (χ0n) is 21.1. The number of fused-ring (bicyclic) bond motifs is 1. The molecule has 0 spiro atoms. The van der Waals surface area contributed by atoms with Gasteiger partial charge in [0.25, 0.3) is 5.91 Å². The molecule has 1 heterocycles. The quantitative estimate of drug-likeness (QED) is 0.219. The summed E-state index contributed by atoms with van der Waals surface area (Å²) in [5.41, 5.74) is 5.70. The van der Waals surface area contributed by atoms with Gasteiger partial charge in [-0.05, 0) is 83.9 Å². The number of benzene rings is 4. The summed E-state index contributed by atoms with van der Waals surface area (Å²) in [6, 6.07) is 30.8. The van der Waals surface area contributed by atoms with Gasteiger partial charge in [-0.25, -0.2) is 4.98 Å². The van der Waals surface area contributed by atoms with Crippen molar-refractivity contribution in [3.05, 3.63) is 103 Å². The molecular formula is C31H27N3O3S. The Balaban J connectivity index is 1.22. The van der Waals surface area contributed by atoms with Gasteiger partial charge in [0.05, 0.1) is 6.61 Å². The molecule has 5 rings (SSSR count). The van der Waals surface area contributed by atoms with Crippen LogP contribution in [0.1, 0.15) is 24.2 Å². The van der Waals surface area contributed by atoms with Gasteiger partial charge in [0, 0.05) is 16.8 Å². The number of ether oxygens (including phenoxy) is 1. The van der Waals surface area contributed by atoms with Crippen LogP contribution in [0, 0.1) is 5.92 Å². The fourth-order valence-corrected chi connectivity index (χ4v) is 4.08. The minimum absolute atomic E-state index is 0.190. The van der Waals surface area contributed by atoms with Crippen LogP contribution in [0.5, 0.6) is 5.75 Å². The number of carbonyl (C=O) groups excluding carboxylic acids is 1. The van der Waals surface area contributed by atoms with E-state index in [1.54, 1.807) is 24.3 Å². The highest BCUT2D eigenvalue weighted by Crippen LogP contribution is 2.28. The maximum Gasteiger partial charge on any atom is 0.257 e. The van der Waals surface area contributed by atoms with Crippen LogP contribution >= 0.6 is 12.2 Å². The molecule has 0 bridgehead atoms. The highest BCUT2D eigenvalue weighted by molar-refractivity contribution is 7.80. The highest BCUT2D eigenvalue weighted by Gasteiger charge is 2.12. The lowest BCUT2D eigenvalue weighted by atomic mass is 10.0. The van der Waals surface area contributed by atoms with Gasteiger partial charge in [-0.15, -0.1) is 0 Å². The zero-order chi connectivity index (χ0) is 26.5. The van der Waals surface area contributed by atoms with Crippen LogP contribution in [0.4, 0.5) is 5.69 Å². The average Bonchev–Trinajstić information content (AvgIpc) is 3.36. The van der Waals surface area contributed by atoms with Gasteiger partial charge in [0.1, 0.15) is 11.3 Å². The first-order chi connectivity index (χ1) is 18.4. The van der Waals surface area contributed by atoms with E-state index in [-0.39, 0.29) is 11.0 Å². The third kappa shape index (κ3) is 6.07. The molecule has 5 aromatic rings. The van der Waals surface area contributed by atoms with Crippen LogP contribution in [-0.2, 0) is 0 Å². The number of carbonyl (C=O) groups is 1. The number of anilines is 1. The van der Waals surface area contributed by atoms with Crippen molar-refractivity contribution >= 4 is 40.0 Å². The molecule has 6 nitrogen and oxygen atoms in total. The SMILES string of the molecule is CC(C)COc1ccc(C(=O)NC(=S)Nc2ccc3oc(-c4ccc(-c5ccccc5)cc4)nc3c2)cc1. The highest BCUT2D eigenvalue weighted by atomic mass is 32.1. The number of thiocarbonyl (C=S) groups is 1.